The van der Waals surface area contributed by atoms with Gasteiger partial charge in [-0.2, -0.15) is 0 Å². The first-order chi connectivity index (χ1) is 16.4. The number of benzene rings is 2. The number of aromatic nitrogens is 2. The molecule has 0 spiro atoms. The highest BCUT2D eigenvalue weighted by Gasteiger charge is 2.24. The summed E-state index contributed by atoms with van der Waals surface area (Å²) < 4.78 is 0. The van der Waals surface area contributed by atoms with Gasteiger partial charge in [0.2, 0.25) is 0 Å². The van der Waals surface area contributed by atoms with Crippen LogP contribution >= 0.6 is 0 Å². The standard InChI is InChI=1S/C31H37N3/c1-20(2)23-12-7-8-13-26(23)31(29-17-10-16-28(33-29)27-18-11-19-32-27)34-30-24(21(3)4)14-9-15-25(30)22(5)6/h7-22,31-32,34H,1-6H3. The van der Waals surface area contributed by atoms with Crippen LogP contribution in [0.25, 0.3) is 11.4 Å². The Hall–Kier alpha value is -3.33. The summed E-state index contributed by atoms with van der Waals surface area (Å²) in [6.45, 7) is 13.6. The highest BCUT2D eigenvalue weighted by molar-refractivity contribution is 5.63. The van der Waals surface area contributed by atoms with Crippen molar-refractivity contribution in [3.63, 3.8) is 0 Å². The number of pyridine rings is 1. The van der Waals surface area contributed by atoms with Crippen molar-refractivity contribution in [1.82, 2.24) is 9.97 Å². The van der Waals surface area contributed by atoms with Crippen LogP contribution in [0.2, 0.25) is 0 Å². The van der Waals surface area contributed by atoms with Gasteiger partial charge in [0.05, 0.1) is 23.1 Å². The van der Waals surface area contributed by atoms with Crippen LogP contribution in [0.4, 0.5) is 5.69 Å². The van der Waals surface area contributed by atoms with Gasteiger partial charge in [0, 0.05) is 11.9 Å². The van der Waals surface area contributed by atoms with E-state index >= 15 is 0 Å². The summed E-state index contributed by atoms with van der Waals surface area (Å²) in [5.74, 6) is 1.25. The summed E-state index contributed by atoms with van der Waals surface area (Å²) in [4.78, 5) is 8.45. The average molecular weight is 452 g/mol. The number of rotatable bonds is 8. The molecule has 2 aromatic heterocycles. The molecule has 0 aliphatic heterocycles. The van der Waals surface area contributed by atoms with Crippen LogP contribution in [0.5, 0.6) is 0 Å². The van der Waals surface area contributed by atoms with Crippen LogP contribution in [-0.2, 0) is 0 Å². The first kappa shape index (κ1) is 23.8. The van der Waals surface area contributed by atoms with E-state index < -0.39 is 0 Å². The van der Waals surface area contributed by atoms with Crippen molar-refractivity contribution in [1.29, 1.82) is 0 Å². The maximum absolute atomic E-state index is 5.14. The quantitative estimate of drug-likeness (QED) is 0.281. The van der Waals surface area contributed by atoms with Crippen molar-refractivity contribution in [2.75, 3.05) is 5.32 Å². The van der Waals surface area contributed by atoms with Crippen LogP contribution in [0.1, 0.15) is 93.3 Å². The lowest BCUT2D eigenvalue weighted by atomic mass is 9.88. The van der Waals surface area contributed by atoms with E-state index in [1.165, 1.54) is 27.9 Å². The van der Waals surface area contributed by atoms with Crippen LogP contribution < -0.4 is 5.32 Å². The van der Waals surface area contributed by atoms with Gasteiger partial charge in [0.25, 0.3) is 0 Å². The Morgan fingerprint density at radius 3 is 1.79 bits per heavy atom. The fourth-order valence-corrected chi connectivity index (χ4v) is 4.72. The molecule has 0 saturated carbocycles. The zero-order valence-corrected chi connectivity index (χ0v) is 21.3. The fraction of sp³-hybridized carbons (Fsp3) is 0.323. The highest BCUT2D eigenvalue weighted by Crippen LogP contribution is 2.38. The minimum Gasteiger partial charge on any atom is -0.372 e. The average Bonchev–Trinajstić information content (AvgIpc) is 3.37. The van der Waals surface area contributed by atoms with E-state index in [1.54, 1.807) is 0 Å². The molecule has 4 rings (SSSR count). The SMILES string of the molecule is CC(C)c1ccccc1C(Nc1c(C(C)C)cccc1C(C)C)c1cccc(-c2ccc[nH]2)n1. The Balaban J connectivity index is 1.91. The molecule has 3 nitrogen and oxygen atoms in total. The minimum atomic E-state index is -0.0640. The first-order valence-corrected chi connectivity index (χ1v) is 12.5. The Kier molecular flexibility index (Phi) is 7.21. The van der Waals surface area contributed by atoms with Crippen LogP contribution in [0.15, 0.2) is 79.0 Å². The van der Waals surface area contributed by atoms with Gasteiger partial charge >= 0.3 is 0 Å². The predicted molar refractivity (Wildman–Crippen MR) is 145 cm³/mol. The molecule has 0 radical (unpaired) electrons. The van der Waals surface area contributed by atoms with Gasteiger partial charge in [-0.3, -0.25) is 0 Å². The first-order valence-electron chi connectivity index (χ1n) is 12.5. The Morgan fingerprint density at radius 2 is 1.21 bits per heavy atom. The molecule has 34 heavy (non-hydrogen) atoms. The second kappa shape index (κ2) is 10.3. The van der Waals surface area contributed by atoms with Gasteiger partial charge in [-0.25, -0.2) is 4.98 Å². The lowest BCUT2D eigenvalue weighted by molar-refractivity contribution is 0.788. The van der Waals surface area contributed by atoms with Crippen molar-refractivity contribution >= 4 is 5.69 Å². The van der Waals surface area contributed by atoms with Gasteiger partial charge < -0.3 is 10.3 Å². The molecular weight excluding hydrogens is 414 g/mol. The summed E-state index contributed by atoms with van der Waals surface area (Å²) in [6, 6.07) is 25.8. The molecule has 2 heterocycles. The van der Waals surface area contributed by atoms with E-state index in [2.05, 4.69) is 119 Å². The molecule has 3 heteroatoms. The second-order valence-electron chi connectivity index (χ2n) is 10.0. The van der Waals surface area contributed by atoms with Gasteiger partial charge in [-0.15, -0.1) is 0 Å². The normalized spacial score (nSPS) is 12.5. The zero-order valence-electron chi connectivity index (χ0n) is 21.3. The Bertz CT molecular complexity index is 1190. The minimum absolute atomic E-state index is 0.0640. The maximum atomic E-state index is 5.14. The number of nitrogens with zero attached hydrogens (tertiary/aromatic N) is 1. The third kappa shape index (κ3) is 4.94. The molecule has 0 saturated heterocycles. The number of aromatic amines is 1. The number of anilines is 1. The van der Waals surface area contributed by atoms with Gasteiger partial charge in [0.15, 0.2) is 0 Å². The summed E-state index contributed by atoms with van der Waals surface area (Å²) in [5, 5.41) is 4.01. The molecule has 2 aromatic carbocycles. The van der Waals surface area contributed by atoms with E-state index in [0.29, 0.717) is 17.8 Å². The van der Waals surface area contributed by atoms with Crippen LogP contribution in [0, 0.1) is 0 Å². The molecule has 1 atom stereocenters. The number of H-pyrrole nitrogens is 1. The summed E-state index contributed by atoms with van der Waals surface area (Å²) in [7, 11) is 0. The number of nitrogens with one attached hydrogen (secondary N) is 2. The Labute approximate surface area is 204 Å². The molecule has 2 N–H and O–H groups in total. The van der Waals surface area contributed by atoms with Gasteiger partial charge in [-0.05, 0) is 64.3 Å². The molecule has 0 amide bonds. The van der Waals surface area contributed by atoms with E-state index in [9.17, 15) is 0 Å². The van der Waals surface area contributed by atoms with Crippen LogP contribution in [0.3, 0.4) is 0 Å². The molecule has 4 aromatic rings. The molecule has 176 valence electrons. The molecular formula is C31H37N3. The van der Waals surface area contributed by atoms with E-state index in [-0.39, 0.29) is 6.04 Å². The molecule has 0 aliphatic carbocycles. The van der Waals surface area contributed by atoms with Gasteiger partial charge in [0.1, 0.15) is 0 Å². The summed E-state index contributed by atoms with van der Waals surface area (Å²) in [5.41, 5.74) is 9.57. The fourth-order valence-electron chi connectivity index (χ4n) is 4.72. The largest absolute Gasteiger partial charge is 0.372 e. The van der Waals surface area contributed by atoms with Crippen molar-refractivity contribution in [2.45, 2.75) is 65.3 Å². The molecule has 0 fully saturated rings. The lowest BCUT2D eigenvalue weighted by Gasteiger charge is -2.28. The zero-order chi connectivity index (χ0) is 24.2. The summed E-state index contributed by atoms with van der Waals surface area (Å²) in [6.07, 6.45) is 1.95. The highest BCUT2D eigenvalue weighted by atomic mass is 15.0. The van der Waals surface area contributed by atoms with Crippen molar-refractivity contribution in [2.24, 2.45) is 0 Å². The monoisotopic (exact) mass is 451 g/mol. The molecule has 1 unspecified atom stereocenters. The summed E-state index contributed by atoms with van der Waals surface area (Å²) >= 11 is 0. The molecule has 0 aliphatic rings. The van der Waals surface area contributed by atoms with Crippen molar-refractivity contribution < 1.29 is 0 Å². The Morgan fingerprint density at radius 1 is 0.618 bits per heavy atom. The van der Waals surface area contributed by atoms with E-state index in [4.69, 9.17) is 4.98 Å². The number of hydrogen-bond donors (Lipinski definition) is 2. The van der Waals surface area contributed by atoms with Gasteiger partial charge in [-0.1, -0.05) is 90.1 Å². The smallest absolute Gasteiger partial charge is 0.0943 e. The van der Waals surface area contributed by atoms with Crippen molar-refractivity contribution in [3.8, 4) is 11.4 Å². The maximum Gasteiger partial charge on any atom is 0.0943 e. The third-order valence-electron chi connectivity index (χ3n) is 6.53. The second-order valence-corrected chi connectivity index (χ2v) is 10.0. The third-order valence-corrected chi connectivity index (χ3v) is 6.53. The van der Waals surface area contributed by atoms with Crippen LogP contribution in [-0.4, -0.2) is 9.97 Å². The van der Waals surface area contributed by atoms with E-state index in [1.807, 2.05) is 12.3 Å². The predicted octanol–water partition coefficient (Wildman–Crippen LogP) is 8.65. The topological polar surface area (TPSA) is 40.7 Å². The van der Waals surface area contributed by atoms with Crippen molar-refractivity contribution in [3.05, 3.63) is 107 Å². The number of para-hydroxylation sites is 1. The molecule has 0 bridgehead atoms. The number of hydrogen-bond acceptors (Lipinski definition) is 2. The van der Waals surface area contributed by atoms with E-state index in [0.717, 1.165) is 17.1 Å². The lowest BCUT2D eigenvalue weighted by Crippen LogP contribution is -2.19.